The van der Waals surface area contributed by atoms with Crippen molar-refractivity contribution in [1.82, 2.24) is 4.90 Å². The second-order valence-electron chi connectivity index (χ2n) is 5.26. The topological polar surface area (TPSA) is 29.5 Å². The third-order valence-electron chi connectivity index (χ3n) is 3.29. The molecule has 1 fully saturated rings. The standard InChI is InChI=1S/C13H25NO2/c1-5-16-13(15)7-12(4)14-8-10(2)6-11(3)9-14/h10-12H,5-9H2,1-4H3. The number of carbonyl (C=O) groups excluding carboxylic acids is 1. The highest BCUT2D eigenvalue weighted by molar-refractivity contribution is 5.70. The molecule has 0 saturated carbocycles. The summed E-state index contributed by atoms with van der Waals surface area (Å²) in [5.41, 5.74) is 0. The normalized spacial score (nSPS) is 28.8. The van der Waals surface area contributed by atoms with E-state index < -0.39 is 0 Å². The highest BCUT2D eigenvalue weighted by Gasteiger charge is 2.26. The van der Waals surface area contributed by atoms with Crippen molar-refractivity contribution in [2.24, 2.45) is 11.8 Å². The van der Waals surface area contributed by atoms with Crippen molar-refractivity contribution in [3.63, 3.8) is 0 Å². The van der Waals surface area contributed by atoms with Gasteiger partial charge in [-0.2, -0.15) is 0 Å². The molecule has 3 nitrogen and oxygen atoms in total. The first-order valence-electron chi connectivity index (χ1n) is 6.42. The van der Waals surface area contributed by atoms with Crippen LogP contribution in [0.5, 0.6) is 0 Å². The second-order valence-corrected chi connectivity index (χ2v) is 5.26. The van der Waals surface area contributed by atoms with E-state index >= 15 is 0 Å². The summed E-state index contributed by atoms with van der Waals surface area (Å²) in [5, 5.41) is 0. The number of ether oxygens (including phenoxy) is 1. The van der Waals surface area contributed by atoms with Crippen molar-refractivity contribution in [2.75, 3.05) is 19.7 Å². The van der Waals surface area contributed by atoms with Crippen LogP contribution in [-0.4, -0.2) is 36.6 Å². The average molecular weight is 227 g/mol. The molecule has 1 heterocycles. The maximum absolute atomic E-state index is 11.4. The molecule has 0 spiro atoms. The van der Waals surface area contributed by atoms with E-state index in [1.54, 1.807) is 0 Å². The number of nitrogens with zero attached hydrogens (tertiary/aromatic N) is 1. The first kappa shape index (κ1) is 13.5. The lowest BCUT2D eigenvalue weighted by atomic mass is 9.90. The maximum atomic E-state index is 11.4. The summed E-state index contributed by atoms with van der Waals surface area (Å²) >= 11 is 0. The highest BCUT2D eigenvalue weighted by Crippen LogP contribution is 2.23. The zero-order valence-corrected chi connectivity index (χ0v) is 11.0. The first-order chi connectivity index (χ1) is 7.52. The second kappa shape index (κ2) is 6.24. The molecule has 16 heavy (non-hydrogen) atoms. The van der Waals surface area contributed by atoms with Crippen LogP contribution in [0.2, 0.25) is 0 Å². The minimum atomic E-state index is -0.0686. The number of hydrogen-bond acceptors (Lipinski definition) is 3. The predicted molar refractivity (Wildman–Crippen MR) is 65.2 cm³/mol. The molecule has 0 amide bonds. The van der Waals surface area contributed by atoms with E-state index in [0.29, 0.717) is 19.1 Å². The van der Waals surface area contributed by atoms with E-state index in [9.17, 15) is 4.79 Å². The summed E-state index contributed by atoms with van der Waals surface area (Å²) in [5.74, 6) is 1.42. The highest BCUT2D eigenvalue weighted by atomic mass is 16.5. The van der Waals surface area contributed by atoms with Crippen LogP contribution in [0.4, 0.5) is 0 Å². The Hall–Kier alpha value is -0.570. The van der Waals surface area contributed by atoms with Gasteiger partial charge in [-0.3, -0.25) is 9.69 Å². The van der Waals surface area contributed by atoms with Crippen LogP contribution < -0.4 is 0 Å². The molecule has 94 valence electrons. The van der Waals surface area contributed by atoms with Gasteiger partial charge in [-0.1, -0.05) is 13.8 Å². The molecular weight excluding hydrogens is 202 g/mol. The van der Waals surface area contributed by atoms with Gasteiger partial charge in [0.15, 0.2) is 0 Å². The van der Waals surface area contributed by atoms with E-state index in [0.717, 1.165) is 24.9 Å². The molecule has 3 heteroatoms. The largest absolute Gasteiger partial charge is 0.466 e. The van der Waals surface area contributed by atoms with Crippen LogP contribution in [0.15, 0.2) is 0 Å². The fraction of sp³-hybridized carbons (Fsp3) is 0.923. The van der Waals surface area contributed by atoms with Gasteiger partial charge in [0.2, 0.25) is 0 Å². The van der Waals surface area contributed by atoms with Crippen molar-refractivity contribution >= 4 is 5.97 Å². The van der Waals surface area contributed by atoms with E-state index in [-0.39, 0.29) is 5.97 Å². The molecule has 0 radical (unpaired) electrons. The Morgan fingerprint density at radius 3 is 2.44 bits per heavy atom. The Morgan fingerprint density at radius 2 is 1.94 bits per heavy atom. The maximum Gasteiger partial charge on any atom is 0.307 e. The molecule has 0 aromatic carbocycles. The minimum Gasteiger partial charge on any atom is -0.466 e. The third kappa shape index (κ3) is 4.12. The quantitative estimate of drug-likeness (QED) is 0.690. The van der Waals surface area contributed by atoms with Gasteiger partial charge in [-0.25, -0.2) is 0 Å². The molecule has 1 aliphatic rings. The Balaban J connectivity index is 2.40. The van der Waals surface area contributed by atoms with Gasteiger partial charge in [-0.15, -0.1) is 0 Å². The van der Waals surface area contributed by atoms with Crippen molar-refractivity contribution < 1.29 is 9.53 Å². The smallest absolute Gasteiger partial charge is 0.307 e. The van der Waals surface area contributed by atoms with E-state index in [1.165, 1.54) is 6.42 Å². The minimum absolute atomic E-state index is 0.0686. The van der Waals surface area contributed by atoms with Gasteiger partial charge >= 0.3 is 5.97 Å². The van der Waals surface area contributed by atoms with Gasteiger partial charge in [0.05, 0.1) is 13.0 Å². The number of esters is 1. The van der Waals surface area contributed by atoms with Crippen LogP contribution in [-0.2, 0) is 9.53 Å². The molecule has 1 saturated heterocycles. The van der Waals surface area contributed by atoms with Crippen molar-refractivity contribution in [2.45, 2.75) is 46.6 Å². The molecule has 0 N–H and O–H groups in total. The van der Waals surface area contributed by atoms with Gasteiger partial charge in [0, 0.05) is 19.1 Å². The Bertz CT molecular complexity index is 220. The average Bonchev–Trinajstić information content (AvgIpc) is 2.16. The van der Waals surface area contributed by atoms with Crippen LogP contribution in [0, 0.1) is 11.8 Å². The summed E-state index contributed by atoms with van der Waals surface area (Å²) in [7, 11) is 0. The number of rotatable bonds is 4. The number of likely N-dealkylation sites (tertiary alicyclic amines) is 1. The molecule has 0 bridgehead atoms. The predicted octanol–water partition coefficient (Wildman–Crippen LogP) is 2.31. The molecule has 3 unspecified atom stereocenters. The van der Waals surface area contributed by atoms with E-state index in [4.69, 9.17) is 4.74 Å². The summed E-state index contributed by atoms with van der Waals surface area (Å²) in [4.78, 5) is 13.8. The third-order valence-corrected chi connectivity index (χ3v) is 3.29. The summed E-state index contributed by atoms with van der Waals surface area (Å²) in [6, 6.07) is 0.309. The summed E-state index contributed by atoms with van der Waals surface area (Å²) in [6.45, 7) is 11.3. The molecule has 3 atom stereocenters. The van der Waals surface area contributed by atoms with Gasteiger partial charge in [0.1, 0.15) is 0 Å². The fourth-order valence-corrected chi connectivity index (χ4v) is 2.66. The van der Waals surface area contributed by atoms with Crippen LogP contribution >= 0.6 is 0 Å². The molecule has 1 rings (SSSR count). The lowest BCUT2D eigenvalue weighted by Gasteiger charge is -2.38. The van der Waals surface area contributed by atoms with Crippen LogP contribution in [0.1, 0.15) is 40.5 Å². The molecule has 0 aromatic heterocycles. The fourth-order valence-electron chi connectivity index (χ4n) is 2.66. The number of hydrogen-bond donors (Lipinski definition) is 0. The molecular formula is C13H25NO2. The molecule has 0 aromatic rings. The van der Waals surface area contributed by atoms with Crippen molar-refractivity contribution in [3.05, 3.63) is 0 Å². The van der Waals surface area contributed by atoms with E-state index in [2.05, 4.69) is 25.7 Å². The Kier molecular flexibility index (Phi) is 5.26. The Labute approximate surface area is 99.1 Å². The summed E-state index contributed by atoms with van der Waals surface area (Å²) in [6.07, 6.45) is 1.83. The zero-order valence-electron chi connectivity index (χ0n) is 11.0. The van der Waals surface area contributed by atoms with Gasteiger partial charge in [0.25, 0.3) is 0 Å². The lowest BCUT2D eigenvalue weighted by molar-refractivity contribution is -0.144. The monoisotopic (exact) mass is 227 g/mol. The van der Waals surface area contributed by atoms with E-state index in [1.807, 2.05) is 6.92 Å². The number of carbonyl (C=O) groups is 1. The zero-order chi connectivity index (χ0) is 12.1. The number of piperidine rings is 1. The first-order valence-corrected chi connectivity index (χ1v) is 6.42. The summed E-state index contributed by atoms with van der Waals surface area (Å²) < 4.78 is 4.99. The van der Waals surface area contributed by atoms with Crippen LogP contribution in [0.3, 0.4) is 0 Å². The van der Waals surface area contributed by atoms with Crippen molar-refractivity contribution in [3.8, 4) is 0 Å². The molecule has 1 aliphatic heterocycles. The van der Waals surface area contributed by atoms with Gasteiger partial charge < -0.3 is 4.74 Å². The molecule has 0 aliphatic carbocycles. The van der Waals surface area contributed by atoms with Gasteiger partial charge in [-0.05, 0) is 32.1 Å². The lowest BCUT2D eigenvalue weighted by Crippen LogP contribution is -2.44. The SMILES string of the molecule is CCOC(=O)CC(C)N1CC(C)CC(C)C1. The Morgan fingerprint density at radius 1 is 1.38 bits per heavy atom. The van der Waals surface area contributed by atoms with Crippen LogP contribution in [0.25, 0.3) is 0 Å². The van der Waals surface area contributed by atoms with Crippen molar-refractivity contribution in [1.29, 1.82) is 0 Å².